The molecule has 0 bridgehead atoms. The first kappa shape index (κ1) is 15.6. The first-order chi connectivity index (χ1) is 9.58. The molecule has 1 aliphatic heterocycles. The third-order valence-corrected chi connectivity index (χ3v) is 4.56. The van der Waals surface area contributed by atoms with Gasteiger partial charge in [-0.1, -0.05) is 20.8 Å². The Morgan fingerprint density at radius 3 is 2.95 bits per heavy atom. The molecule has 3 heteroatoms. The van der Waals surface area contributed by atoms with Crippen molar-refractivity contribution in [2.24, 2.45) is 11.8 Å². The van der Waals surface area contributed by atoms with Gasteiger partial charge in [0.25, 0.3) is 0 Å². The van der Waals surface area contributed by atoms with E-state index in [1.807, 2.05) is 6.26 Å². The molecule has 2 unspecified atom stereocenters. The lowest BCUT2D eigenvalue weighted by Crippen LogP contribution is -2.41. The molecule has 0 radical (unpaired) electrons. The summed E-state index contributed by atoms with van der Waals surface area (Å²) in [4.78, 5) is 2.57. The maximum absolute atomic E-state index is 5.73. The molecule has 1 aromatic rings. The minimum atomic E-state index is 0.658. The molecule has 0 amide bonds. The van der Waals surface area contributed by atoms with Gasteiger partial charge in [0.2, 0.25) is 0 Å². The van der Waals surface area contributed by atoms with Crippen molar-refractivity contribution in [1.82, 2.24) is 10.2 Å². The number of nitrogens with one attached hydrogen (secondary N) is 1. The first-order valence-electron chi connectivity index (χ1n) is 8.08. The average Bonchev–Trinajstić information content (AvgIpc) is 2.82. The minimum absolute atomic E-state index is 0.658. The highest BCUT2D eigenvalue weighted by Crippen LogP contribution is 2.25. The van der Waals surface area contributed by atoms with Gasteiger partial charge in [0.05, 0.1) is 12.8 Å². The predicted octanol–water partition coefficient (Wildman–Crippen LogP) is 3.65. The summed E-state index contributed by atoms with van der Waals surface area (Å²) in [5.41, 5.74) is 1.32. The van der Waals surface area contributed by atoms with E-state index in [9.17, 15) is 0 Å². The largest absolute Gasteiger partial charge is 0.468 e. The standard InChI is InChI=1S/C17H30N2O/c1-13(2)10-18-11-16-7-9-20-17(16)12-19-8-5-6-14(3)15(19)4/h7,9,13-15,18H,5-6,8,10-12H2,1-4H3. The van der Waals surface area contributed by atoms with E-state index in [4.69, 9.17) is 4.42 Å². The highest BCUT2D eigenvalue weighted by molar-refractivity contribution is 5.17. The van der Waals surface area contributed by atoms with Gasteiger partial charge >= 0.3 is 0 Å². The van der Waals surface area contributed by atoms with Crippen molar-refractivity contribution in [3.63, 3.8) is 0 Å². The maximum atomic E-state index is 5.73. The number of furan rings is 1. The van der Waals surface area contributed by atoms with Crippen LogP contribution in [0.3, 0.4) is 0 Å². The molecule has 0 aromatic carbocycles. The van der Waals surface area contributed by atoms with Crippen LogP contribution in [0, 0.1) is 11.8 Å². The highest BCUT2D eigenvalue weighted by Gasteiger charge is 2.25. The predicted molar refractivity (Wildman–Crippen MR) is 83.5 cm³/mol. The van der Waals surface area contributed by atoms with Crippen molar-refractivity contribution < 1.29 is 4.42 Å². The highest BCUT2D eigenvalue weighted by atomic mass is 16.3. The molecule has 20 heavy (non-hydrogen) atoms. The summed E-state index contributed by atoms with van der Waals surface area (Å²) in [5, 5.41) is 3.51. The number of hydrogen-bond donors (Lipinski definition) is 1. The summed E-state index contributed by atoms with van der Waals surface area (Å²) in [6.07, 6.45) is 4.51. The van der Waals surface area contributed by atoms with Gasteiger partial charge in [-0.2, -0.15) is 0 Å². The Morgan fingerprint density at radius 2 is 2.20 bits per heavy atom. The Kier molecular flexibility index (Phi) is 5.67. The summed E-state index contributed by atoms with van der Waals surface area (Å²) in [5.74, 6) is 2.62. The summed E-state index contributed by atoms with van der Waals surface area (Å²) >= 11 is 0. The van der Waals surface area contributed by atoms with Gasteiger partial charge in [-0.05, 0) is 50.8 Å². The van der Waals surface area contributed by atoms with Crippen LogP contribution in [0.4, 0.5) is 0 Å². The van der Waals surface area contributed by atoms with Crippen LogP contribution < -0.4 is 5.32 Å². The zero-order valence-corrected chi connectivity index (χ0v) is 13.5. The lowest BCUT2D eigenvalue weighted by atomic mass is 9.92. The summed E-state index contributed by atoms with van der Waals surface area (Å²) in [6, 6.07) is 2.77. The number of hydrogen-bond acceptors (Lipinski definition) is 3. The van der Waals surface area contributed by atoms with Crippen molar-refractivity contribution >= 4 is 0 Å². The van der Waals surface area contributed by atoms with E-state index in [-0.39, 0.29) is 0 Å². The fourth-order valence-electron chi connectivity index (χ4n) is 2.99. The molecule has 114 valence electrons. The number of likely N-dealkylation sites (tertiary alicyclic amines) is 1. The average molecular weight is 278 g/mol. The molecule has 1 saturated heterocycles. The third-order valence-electron chi connectivity index (χ3n) is 4.56. The molecule has 1 aliphatic rings. The van der Waals surface area contributed by atoms with E-state index in [2.05, 4.69) is 44.0 Å². The van der Waals surface area contributed by atoms with E-state index in [0.29, 0.717) is 12.0 Å². The van der Waals surface area contributed by atoms with Crippen LogP contribution in [-0.2, 0) is 13.1 Å². The van der Waals surface area contributed by atoms with Crippen molar-refractivity contribution in [2.45, 2.75) is 59.7 Å². The fraction of sp³-hybridized carbons (Fsp3) is 0.765. The molecule has 1 fully saturated rings. The van der Waals surface area contributed by atoms with Crippen LogP contribution >= 0.6 is 0 Å². The van der Waals surface area contributed by atoms with Gasteiger partial charge in [0.1, 0.15) is 5.76 Å². The van der Waals surface area contributed by atoms with Crippen LogP contribution in [0.25, 0.3) is 0 Å². The number of rotatable bonds is 6. The first-order valence-corrected chi connectivity index (χ1v) is 8.08. The van der Waals surface area contributed by atoms with Crippen LogP contribution in [0.5, 0.6) is 0 Å². The van der Waals surface area contributed by atoms with E-state index >= 15 is 0 Å². The lowest BCUT2D eigenvalue weighted by molar-refractivity contribution is 0.0982. The van der Waals surface area contributed by atoms with Crippen molar-refractivity contribution in [3.8, 4) is 0 Å². The van der Waals surface area contributed by atoms with Crippen molar-refractivity contribution in [1.29, 1.82) is 0 Å². The van der Waals surface area contributed by atoms with Gasteiger partial charge in [-0.3, -0.25) is 4.90 Å². The van der Waals surface area contributed by atoms with Crippen molar-refractivity contribution in [3.05, 3.63) is 23.7 Å². The topological polar surface area (TPSA) is 28.4 Å². The Labute approximate surface area is 123 Å². The quantitative estimate of drug-likeness (QED) is 0.861. The van der Waals surface area contributed by atoms with Crippen LogP contribution in [0.1, 0.15) is 51.9 Å². The molecule has 1 N–H and O–H groups in total. The molecular weight excluding hydrogens is 248 g/mol. The van der Waals surface area contributed by atoms with Gasteiger partial charge in [-0.25, -0.2) is 0 Å². The molecule has 0 aliphatic carbocycles. The number of nitrogens with zero attached hydrogens (tertiary/aromatic N) is 1. The van der Waals surface area contributed by atoms with Gasteiger partial charge in [0, 0.05) is 18.2 Å². The molecule has 3 nitrogen and oxygen atoms in total. The Hall–Kier alpha value is -0.800. The summed E-state index contributed by atoms with van der Waals surface area (Å²) in [7, 11) is 0. The van der Waals surface area contributed by atoms with E-state index in [1.165, 1.54) is 24.9 Å². The molecule has 2 atom stereocenters. The van der Waals surface area contributed by atoms with E-state index in [0.717, 1.165) is 31.3 Å². The summed E-state index contributed by atoms with van der Waals surface area (Å²) < 4.78 is 5.73. The molecule has 2 heterocycles. The molecular formula is C17H30N2O. The van der Waals surface area contributed by atoms with E-state index < -0.39 is 0 Å². The van der Waals surface area contributed by atoms with Crippen LogP contribution in [0.15, 0.2) is 16.7 Å². The normalized spacial score (nSPS) is 24.4. The molecule has 0 saturated carbocycles. The minimum Gasteiger partial charge on any atom is -0.468 e. The van der Waals surface area contributed by atoms with Gasteiger partial charge in [0.15, 0.2) is 0 Å². The van der Waals surface area contributed by atoms with E-state index in [1.54, 1.807) is 0 Å². The lowest BCUT2D eigenvalue weighted by Gasteiger charge is -2.37. The molecule has 0 spiro atoms. The fourth-order valence-corrected chi connectivity index (χ4v) is 2.99. The molecule has 1 aromatic heterocycles. The molecule has 2 rings (SSSR count). The second kappa shape index (κ2) is 7.28. The maximum Gasteiger partial charge on any atom is 0.122 e. The summed E-state index contributed by atoms with van der Waals surface area (Å²) in [6.45, 7) is 13.3. The van der Waals surface area contributed by atoms with Gasteiger partial charge < -0.3 is 9.73 Å². The zero-order valence-electron chi connectivity index (χ0n) is 13.5. The Morgan fingerprint density at radius 1 is 1.40 bits per heavy atom. The van der Waals surface area contributed by atoms with Crippen LogP contribution in [-0.4, -0.2) is 24.0 Å². The SMILES string of the molecule is CC(C)CNCc1ccoc1CN1CCCC(C)C1C. The monoisotopic (exact) mass is 278 g/mol. The second-order valence-corrected chi connectivity index (χ2v) is 6.72. The Bertz CT molecular complexity index is 399. The number of piperidine rings is 1. The second-order valence-electron chi connectivity index (χ2n) is 6.72. The van der Waals surface area contributed by atoms with Crippen LogP contribution in [0.2, 0.25) is 0 Å². The third kappa shape index (κ3) is 4.10. The smallest absolute Gasteiger partial charge is 0.122 e. The van der Waals surface area contributed by atoms with Crippen molar-refractivity contribution in [2.75, 3.05) is 13.1 Å². The zero-order chi connectivity index (χ0) is 14.5. The Balaban J connectivity index is 1.91. The van der Waals surface area contributed by atoms with Gasteiger partial charge in [-0.15, -0.1) is 0 Å².